The van der Waals surface area contributed by atoms with Gasteiger partial charge in [0.2, 0.25) is 0 Å². The van der Waals surface area contributed by atoms with Crippen molar-refractivity contribution in [1.82, 2.24) is 25.0 Å². The Balaban J connectivity index is 1.63. The molecule has 5 nitrogen and oxygen atoms in total. The molecule has 5 heteroatoms. The van der Waals surface area contributed by atoms with E-state index in [1.807, 2.05) is 0 Å². The van der Waals surface area contributed by atoms with Crippen LogP contribution in [0.25, 0.3) is 0 Å². The van der Waals surface area contributed by atoms with Crippen LogP contribution in [0.5, 0.6) is 0 Å². The SMILES string of the molecule is CC(C)n1ncnc1CN(CC1CCCNC1)C1CC1. The fraction of sp³-hybridized carbons (Fsp3) is 0.867. The summed E-state index contributed by atoms with van der Waals surface area (Å²) in [5.41, 5.74) is 0. The number of nitrogens with one attached hydrogen (secondary N) is 1. The van der Waals surface area contributed by atoms with Gasteiger partial charge in [-0.05, 0) is 58.5 Å². The first-order chi connectivity index (χ1) is 9.74. The van der Waals surface area contributed by atoms with E-state index in [-0.39, 0.29) is 0 Å². The van der Waals surface area contributed by atoms with Gasteiger partial charge in [0.05, 0.1) is 6.54 Å². The van der Waals surface area contributed by atoms with Crippen LogP contribution < -0.4 is 5.32 Å². The molecule has 1 aromatic heterocycles. The lowest BCUT2D eigenvalue weighted by Gasteiger charge is -2.30. The lowest BCUT2D eigenvalue weighted by atomic mass is 9.99. The number of piperidine rings is 1. The fourth-order valence-electron chi connectivity index (χ4n) is 3.19. The van der Waals surface area contributed by atoms with Crippen molar-refractivity contribution in [2.24, 2.45) is 5.92 Å². The maximum atomic E-state index is 4.48. The van der Waals surface area contributed by atoms with Crippen molar-refractivity contribution in [3.8, 4) is 0 Å². The van der Waals surface area contributed by atoms with Gasteiger partial charge in [0.25, 0.3) is 0 Å². The number of aromatic nitrogens is 3. The molecule has 0 spiro atoms. The van der Waals surface area contributed by atoms with Crippen LogP contribution in [0.15, 0.2) is 6.33 Å². The maximum Gasteiger partial charge on any atom is 0.141 e. The first kappa shape index (κ1) is 14.0. The molecule has 1 aromatic rings. The average molecular weight is 277 g/mol. The molecule has 0 amide bonds. The van der Waals surface area contributed by atoms with E-state index in [4.69, 9.17) is 0 Å². The van der Waals surface area contributed by atoms with Crippen LogP contribution in [-0.2, 0) is 6.54 Å². The molecule has 1 atom stereocenters. The number of nitrogens with zero attached hydrogens (tertiary/aromatic N) is 4. The Kier molecular flexibility index (Phi) is 4.36. The zero-order valence-corrected chi connectivity index (χ0v) is 12.8. The molecule has 20 heavy (non-hydrogen) atoms. The van der Waals surface area contributed by atoms with E-state index in [1.165, 1.54) is 45.3 Å². The Morgan fingerprint density at radius 1 is 1.40 bits per heavy atom. The third kappa shape index (κ3) is 3.38. The van der Waals surface area contributed by atoms with Crippen LogP contribution in [0.4, 0.5) is 0 Å². The molecule has 2 fully saturated rings. The normalized spacial score (nSPS) is 23.7. The van der Waals surface area contributed by atoms with Gasteiger partial charge < -0.3 is 5.32 Å². The predicted octanol–water partition coefficient (Wildman–Crippen LogP) is 1.82. The number of hydrogen-bond donors (Lipinski definition) is 1. The second-order valence-electron chi connectivity index (χ2n) is 6.59. The van der Waals surface area contributed by atoms with Crippen molar-refractivity contribution in [3.05, 3.63) is 12.2 Å². The largest absolute Gasteiger partial charge is 0.316 e. The third-order valence-electron chi connectivity index (χ3n) is 4.44. The maximum absolute atomic E-state index is 4.48. The molecule has 0 radical (unpaired) electrons. The van der Waals surface area contributed by atoms with Gasteiger partial charge in [0.15, 0.2) is 0 Å². The summed E-state index contributed by atoms with van der Waals surface area (Å²) in [5.74, 6) is 1.93. The molecule has 1 aliphatic carbocycles. The first-order valence-corrected chi connectivity index (χ1v) is 8.07. The lowest BCUT2D eigenvalue weighted by molar-refractivity contribution is 0.185. The van der Waals surface area contributed by atoms with E-state index in [9.17, 15) is 0 Å². The van der Waals surface area contributed by atoms with Crippen molar-refractivity contribution in [1.29, 1.82) is 0 Å². The minimum atomic E-state index is 0.393. The molecule has 2 heterocycles. The zero-order chi connectivity index (χ0) is 13.9. The molecule has 0 aromatic carbocycles. The Hall–Kier alpha value is -0.940. The van der Waals surface area contributed by atoms with E-state index in [2.05, 4.69) is 38.8 Å². The van der Waals surface area contributed by atoms with Crippen molar-refractivity contribution >= 4 is 0 Å². The van der Waals surface area contributed by atoms with Crippen molar-refractivity contribution < 1.29 is 0 Å². The van der Waals surface area contributed by atoms with Gasteiger partial charge in [0, 0.05) is 18.6 Å². The standard InChI is InChI=1S/C15H27N5/c1-12(2)20-15(17-11-18-20)10-19(14-5-6-14)9-13-4-3-7-16-8-13/h11-14,16H,3-10H2,1-2H3. The highest BCUT2D eigenvalue weighted by Crippen LogP contribution is 2.29. The smallest absolute Gasteiger partial charge is 0.141 e. The molecule has 112 valence electrons. The highest BCUT2D eigenvalue weighted by molar-refractivity contribution is 4.93. The van der Waals surface area contributed by atoms with Gasteiger partial charge in [-0.15, -0.1) is 0 Å². The first-order valence-electron chi connectivity index (χ1n) is 8.07. The highest BCUT2D eigenvalue weighted by atomic mass is 15.4. The highest BCUT2D eigenvalue weighted by Gasteiger charge is 2.32. The second-order valence-corrected chi connectivity index (χ2v) is 6.59. The molecule has 1 saturated heterocycles. The topological polar surface area (TPSA) is 46.0 Å². The van der Waals surface area contributed by atoms with Gasteiger partial charge in [0.1, 0.15) is 12.2 Å². The average Bonchev–Trinajstić information content (AvgIpc) is 3.19. The second kappa shape index (κ2) is 6.22. The van der Waals surface area contributed by atoms with Gasteiger partial charge in [-0.3, -0.25) is 4.90 Å². The monoisotopic (exact) mass is 277 g/mol. The molecule has 1 unspecified atom stereocenters. The minimum absolute atomic E-state index is 0.393. The van der Waals surface area contributed by atoms with Crippen LogP contribution >= 0.6 is 0 Å². The third-order valence-corrected chi connectivity index (χ3v) is 4.44. The van der Waals surface area contributed by atoms with E-state index in [0.717, 1.165) is 24.3 Å². The summed E-state index contributed by atoms with van der Waals surface area (Å²) in [6.07, 6.45) is 7.10. The predicted molar refractivity (Wildman–Crippen MR) is 79.4 cm³/mol. The van der Waals surface area contributed by atoms with Crippen LogP contribution in [0.3, 0.4) is 0 Å². The summed E-state index contributed by atoms with van der Waals surface area (Å²) in [5, 5.41) is 7.89. The Bertz CT molecular complexity index is 418. The van der Waals surface area contributed by atoms with Crippen molar-refractivity contribution in [2.75, 3.05) is 19.6 Å². The van der Waals surface area contributed by atoms with E-state index in [0.29, 0.717) is 6.04 Å². The fourth-order valence-corrected chi connectivity index (χ4v) is 3.19. The summed E-state index contributed by atoms with van der Waals surface area (Å²) in [4.78, 5) is 7.11. The van der Waals surface area contributed by atoms with Crippen LogP contribution in [0, 0.1) is 5.92 Å². The summed E-state index contributed by atoms with van der Waals surface area (Å²) in [7, 11) is 0. The number of hydrogen-bond acceptors (Lipinski definition) is 4. The van der Waals surface area contributed by atoms with Gasteiger partial charge >= 0.3 is 0 Å². The molecule has 2 aliphatic rings. The summed E-state index contributed by atoms with van der Waals surface area (Å²) in [6, 6.07) is 1.18. The van der Waals surface area contributed by atoms with Crippen LogP contribution in [0.1, 0.15) is 51.4 Å². The van der Waals surface area contributed by atoms with Gasteiger partial charge in [-0.25, -0.2) is 9.67 Å². The molecule has 1 aliphatic heterocycles. The molecule has 1 N–H and O–H groups in total. The molecular weight excluding hydrogens is 250 g/mol. The summed E-state index contributed by atoms with van der Waals surface area (Å²) >= 11 is 0. The van der Waals surface area contributed by atoms with Crippen LogP contribution in [-0.4, -0.2) is 45.3 Å². The Morgan fingerprint density at radius 2 is 2.25 bits per heavy atom. The zero-order valence-electron chi connectivity index (χ0n) is 12.8. The molecule has 3 rings (SSSR count). The van der Waals surface area contributed by atoms with Crippen molar-refractivity contribution in [3.63, 3.8) is 0 Å². The minimum Gasteiger partial charge on any atom is -0.316 e. The van der Waals surface area contributed by atoms with E-state index < -0.39 is 0 Å². The quantitative estimate of drug-likeness (QED) is 0.861. The summed E-state index contributed by atoms with van der Waals surface area (Å²) in [6.45, 7) is 8.89. The Morgan fingerprint density at radius 3 is 2.90 bits per heavy atom. The van der Waals surface area contributed by atoms with Gasteiger partial charge in [-0.2, -0.15) is 5.10 Å². The van der Waals surface area contributed by atoms with Gasteiger partial charge in [-0.1, -0.05) is 0 Å². The molecule has 0 bridgehead atoms. The number of rotatable bonds is 6. The van der Waals surface area contributed by atoms with E-state index >= 15 is 0 Å². The van der Waals surface area contributed by atoms with Crippen LogP contribution in [0.2, 0.25) is 0 Å². The Labute approximate surface area is 121 Å². The molecule has 1 saturated carbocycles. The van der Waals surface area contributed by atoms with Crippen molar-refractivity contribution in [2.45, 2.75) is 58.2 Å². The summed E-state index contributed by atoms with van der Waals surface area (Å²) < 4.78 is 2.06. The lowest BCUT2D eigenvalue weighted by Crippen LogP contribution is -2.39. The van der Waals surface area contributed by atoms with E-state index in [1.54, 1.807) is 6.33 Å². The molecular formula is C15H27N5.